The molecule has 0 heterocycles. The van der Waals surface area contributed by atoms with Gasteiger partial charge in [0.25, 0.3) is 0 Å². The Bertz CT molecular complexity index is 922. The van der Waals surface area contributed by atoms with Crippen LogP contribution in [0, 0.1) is 5.82 Å². The van der Waals surface area contributed by atoms with E-state index in [-0.39, 0.29) is 12.8 Å². The van der Waals surface area contributed by atoms with E-state index in [1.54, 1.807) is 12.1 Å². The molecule has 0 saturated heterocycles. The molecule has 0 radical (unpaired) electrons. The van der Waals surface area contributed by atoms with Gasteiger partial charge in [-0.3, -0.25) is 9.59 Å². The second-order valence-corrected chi connectivity index (χ2v) is 7.45. The number of esters is 1. The van der Waals surface area contributed by atoms with Crippen LogP contribution in [0.25, 0.3) is 0 Å². The largest absolute Gasteiger partial charge is 0.467 e. The Kier molecular flexibility index (Phi) is 8.62. The summed E-state index contributed by atoms with van der Waals surface area (Å²) in [6.07, 6.45) is 0.180. The molecule has 2 atom stereocenters. The van der Waals surface area contributed by atoms with E-state index in [1.165, 1.54) is 44.4 Å². The number of ether oxygens (including phenoxy) is 1. The molecule has 0 aliphatic rings. The molecule has 0 spiro atoms. The van der Waals surface area contributed by atoms with Crippen LogP contribution in [0.5, 0.6) is 0 Å². The number of benzene rings is 2. The quantitative estimate of drug-likeness (QED) is 0.600. The molecule has 6 nitrogen and oxygen atoms in total. The van der Waals surface area contributed by atoms with Crippen molar-refractivity contribution in [1.82, 2.24) is 10.6 Å². The van der Waals surface area contributed by atoms with Crippen LogP contribution in [0.1, 0.15) is 18.1 Å². The van der Waals surface area contributed by atoms with Crippen LogP contribution in [0.3, 0.4) is 0 Å². The highest BCUT2D eigenvalue weighted by atomic mass is 35.5. The number of carbonyl (C=O) groups is 3. The molecule has 0 aliphatic carbocycles. The van der Waals surface area contributed by atoms with Gasteiger partial charge in [0.2, 0.25) is 11.8 Å². The molecule has 0 fully saturated rings. The summed E-state index contributed by atoms with van der Waals surface area (Å²) in [4.78, 5) is 36.7. The number of hydrogen-bond donors (Lipinski definition) is 2. The van der Waals surface area contributed by atoms with E-state index in [9.17, 15) is 18.8 Å². The summed E-state index contributed by atoms with van der Waals surface area (Å²) in [6, 6.07) is 8.35. The van der Waals surface area contributed by atoms with Gasteiger partial charge in [-0.15, -0.1) is 0 Å². The zero-order valence-electron chi connectivity index (χ0n) is 16.4. The monoisotopic (exact) mass is 454 g/mol. The van der Waals surface area contributed by atoms with Gasteiger partial charge in [-0.1, -0.05) is 41.4 Å². The van der Waals surface area contributed by atoms with Gasteiger partial charge in [0, 0.05) is 29.8 Å². The second-order valence-electron chi connectivity index (χ2n) is 6.61. The number of halogens is 3. The topological polar surface area (TPSA) is 84.5 Å². The minimum atomic E-state index is -1.04. The van der Waals surface area contributed by atoms with Crippen molar-refractivity contribution in [2.24, 2.45) is 0 Å². The number of hydrogen-bond acceptors (Lipinski definition) is 4. The van der Waals surface area contributed by atoms with Crippen molar-refractivity contribution in [3.63, 3.8) is 0 Å². The normalized spacial score (nSPS) is 12.6. The van der Waals surface area contributed by atoms with E-state index in [2.05, 4.69) is 10.6 Å². The number of carbonyl (C=O) groups excluding carboxylic acids is 3. The average Bonchev–Trinajstić information content (AvgIpc) is 2.69. The zero-order chi connectivity index (χ0) is 22.3. The standard InChI is InChI=1S/C21H21Cl2FN2O4/c1-12(27)25-18(9-13-3-7-16(24)8-4-13)20(28)26-19(21(29)30-2)10-14-5-6-15(22)11-17(14)23/h3-8,11,18-19H,9-10H2,1-2H3,(H,25,27)(H,26,28)/t18-,19+/m0/s1. The SMILES string of the molecule is COC(=O)[C@@H](Cc1ccc(Cl)cc1Cl)NC(=O)[C@H](Cc1ccc(F)cc1)NC(C)=O. The Morgan fingerprint density at radius 1 is 1.00 bits per heavy atom. The molecule has 0 bridgehead atoms. The molecule has 160 valence electrons. The summed E-state index contributed by atoms with van der Waals surface area (Å²) < 4.78 is 17.9. The van der Waals surface area contributed by atoms with E-state index in [1.807, 2.05) is 0 Å². The van der Waals surface area contributed by atoms with Gasteiger partial charge in [0.15, 0.2) is 0 Å². The fraction of sp³-hybridized carbons (Fsp3) is 0.286. The fourth-order valence-corrected chi connectivity index (χ4v) is 3.31. The molecule has 0 aromatic heterocycles. The van der Waals surface area contributed by atoms with Crippen molar-refractivity contribution in [3.8, 4) is 0 Å². The van der Waals surface area contributed by atoms with E-state index in [0.717, 1.165) is 0 Å². The summed E-state index contributed by atoms with van der Waals surface area (Å²) in [7, 11) is 1.20. The number of rotatable bonds is 8. The molecule has 2 aromatic carbocycles. The van der Waals surface area contributed by atoms with Crippen LogP contribution in [-0.2, 0) is 32.0 Å². The van der Waals surface area contributed by atoms with Crippen LogP contribution in [-0.4, -0.2) is 37.0 Å². The first-order valence-corrected chi connectivity index (χ1v) is 9.79. The number of amides is 2. The van der Waals surface area contributed by atoms with E-state index >= 15 is 0 Å². The lowest BCUT2D eigenvalue weighted by Gasteiger charge is -2.22. The van der Waals surface area contributed by atoms with E-state index in [4.69, 9.17) is 27.9 Å². The third-order valence-corrected chi connectivity index (χ3v) is 4.88. The Hall–Kier alpha value is -2.64. The Labute approximate surface area is 183 Å². The van der Waals surface area contributed by atoms with Crippen LogP contribution < -0.4 is 10.6 Å². The second kappa shape index (κ2) is 10.9. The lowest BCUT2D eigenvalue weighted by Crippen LogP contribution is -2.53. The highest BCUT2D eigenvalue weighted by molar-refractivity contribution is 6.35. The van der Waals surface area contributed by atoms with Gasteiger partial charge in [0.1, 0.15) is 17.9 Å². The van der Waals surface area contributed by atoms with Crippen molar-refractivity contribution in [2.75, 3.05) is 7.11 Å². The molecular formula is C21H21Cl2FN2O4. The highest BCUT2D eigenvalue weighted by Gasteiger charge is 2.28. The molecule has 2 rings (SSSR count). The predicted molar refractivity (Wildman–Crippen MR) is 112 cm³/mol. The number of methoxy groups -OCH3 is 1. The lowest BCUT2D eigenvalue weighted by atomic mass is 10.0. The van der Waals surface area contributed by atoms with Gasteiger partial charge in [-0.05, 0) is 35.4 Å². The molecule has 0 aliphatic heterocycles. The van der Waals surface area contributed by atoms with E-state index < -0.39 is 35.7 Å². The molecule has 0 unspecified atom stereocenters. The first-order chi connectivity index (χ1) is 14.2. The first-order valence-electron chi connectivity index (χ1n) is 9.03. The van der Waals surface area contributed by atoms with Crippen molar-refractivity contribution in [3.05, 3.63) is 69.5 Å². The minimum absolute atomic E-state index is 0.0672. The lowest BCUT2D eigenvalue weighted by molar-refractivity contribution is -0.145. The number of nitrogens with one attached hydrogen (secondary N) is 2. The minimum Gasteiger partial charge on any atom is -0.467 e. The van der Waals surface area contributed by atoms with Crippen molar-refractivity contribution >= 4 is 41.0 Å². The summed E-state index contributed by atoms with van der Waals surface area (Å²) in [5, 5.41) is 5.93. The summed E-state index contributed by atoms with van der Waals surface area (Å²) in [6.45, 7) is 1.27. The maximum atomic E-state index is 13.1. The van der Waals surface area contributed by atoms with Crippen LogP contribution in [0.15, 0.2) is 42.5 Å². The van der Waals surface area contributed by atoms with Crippen LogP contribution in [0.4, 0.5) is 4.39 Å². The molecule has 2 amide bonds. The molecule has 0 saturated carbocycles. The third kappa shape index (κ3) is 7.00. The smallest absolute Gasteiger partial charge is 0.328 e. The average molecular weight is 455 g/mol. The predicted octanol–water partition coefficient (Wildman–Crippen LogP) is 3.08. The van der Waals surface area contributed by atoms with Gasteiger partial charge in [-0.25, -0.2) is 9.18 Å². The molecular weight excluding hydrogens is 434 g/mol. The highest BCUT2D eigenvalue weighted by Crippen LogP contribution is 2.22. The molecule has 2 aromatic rings. The zero-order valence-corrected chi connectivity index (χ0v) is 17.9. The van der Waals surface area contributed by atoms with Crippen molar-refractivity contribution in [2.45, 2.75) is 31.8 Å². The molecule has 9 heteroatoms. The maximum Gasteiger partial charge on any atom is 0.328 e. The van der Waals surface area contributed by atoms with Gasteiger partial charge < -0.3 is 15.4 Å². The Balaban J connectivity index is 2.19. The third-order valence-electron chi connectivity index (χ3n) is 4.29. The summed E-state index contributed by atoms with van der Waals surface area (Å²) in [5.74, 6) is -2.09. The van der Waals surface area contributed by atoms with Gasteiger partial charge >= 0.3 is 5.97 Å². The maximum absolute atomic E-state index is 13.1. The summed E-state index contributed by atoms with van der Waals surface area (Å²) in [5.41, 5.74) is 1.23. The van der Waals surface area contributed by atoms with Gasteiger partial charge in [-0.2, -0.15) is 0 Å². The Morgan fingerprint density at radius 2 is 1.67 bits per heavy atom. The molecule has 30 heavy (non-hydrogen) atoms. The van der Waals surface area contributed by atoms with Crippen molar-refractivity contribution in [1.29, 1.82) is 0 Å². The summed E-state index contributed by atoms with van der Waals surface area (Å²) >= 11 is 12.1. The van der Waals surface area contributed by atoms with Gasteiger partial charge in [0.05, 0.1) is 7.11 Å². The Morgan fingerprint density at radius 3 is 2.23 bits per heavy atom. The van der Waals surface area contributed by atoms with Crippen LogP contribution >= 0.6 is 23.2 Å². The first kappa shape index (κ1) is 23.6. The molecule has 2 N–H and O–H groups in total. The fourth-order valence-electron chi connectivity index (χ4n) is 2.83. The van der Waals surface area contributed by atoms with E-state index in [0.29, 0.717) is 21.2 Å². The van der Waals surface area contributed by atoms with Crippen LogP contribution in [0.2, 0.25) is 10.0 Å². The van der Waals surface area contributed by atoms with Crippen molar-refractivity contribution < 1.29 is 23.5 Å².